The summed E-state index contributed by atoms with van der Waals surface area (Å²) in [5.41, 5.74) is 6.43. The van der Waals surface area contributed by atoms with Crippen molar-refractivity contribution in [3.63, 3.8) is 0 Å². The summed E-state index contributed by atoms with van der Waals surface area (Å²) < 4.78 is 10.4. The Morgan fingerprint density at radius 2 is 2.40 bits per heavy atom. The number of hydrogen-bond donors (Lipinski definition) is 2. The zero-order valence-electron chi connectivity index (χ0n) is 10.7. The number of carbonyl (C=O) groups excluding carboxylic acids is 1. The van der Waals surface area contributed by atoms with E-state index in [9.17, 15) is 4.79 Å². The first kappa shape index (κ1) is 13.6. The minimum absolute atomic E-state index is 0.170. The summed E-state index contributed by atoms with van der Waals surface area (Å²) in [7, 11) is 1.48. The van der Waals surface area contributed by atoms with Gasteiger partial charge in [-0.1, -0.05) is 0 Å². The SMILES string of the molecule is COc1cc(NC(=O)CN)c(C#N)cc1-c1cnco1. The van der Waals surface area contributed by atoms with Gasteiger partial charge in [0.2, 0.25) is 5.91 Å². The van der Waals surface area contributed by atoms with Crippen molar-refractivity contribution in [2.45, 2.75) is 0 Å². The Kier molecular flexibility index (Phi) is 3.98. The topological polar surface area (TPSA) is 114 Å². The van der Waals surface area contributed by atoms with E-state index in [1.807, 2.05) is 6.07 Å². The van der Waals surface area contributed by atoms with Crippen molar-refractivity contribution in [3.8, 4) is 23.1 Å². The lowest BCUT2D eigenvalue weighted by atomic mass is 10.1. The molecule has 0 aliphatic rings. The predicted molar refractivity (Wildman–Crippen MR) is 70.9 cm³/mol. The second-order valence-electron chi connectivity index (χ2n) is 3.83. The molecule has 0 atom stereocenters. The number of nitrogens with zero attached hydrogens (tertiary/aromatic N) is 2. The van der Waals surface area contributed by atoms with Crippen LogP contribution in [-0.4, -0.2) is 24.5 Å². The Morgan fingerprint density at radius 1 is 1.60 bits per heavy atom. The third-order valence-corrected chi connectivity index (χ3v) is 2.62. The van der Waals surface area contributed by atoms with Crippen LogP contribution in [0.4, 0.5) is 5.69 Å². The standard InChI is InChI=1S/C13H12N4O3/c1-19-11-3-10(17-13(18)5-15)8(4-14)2-9(11)12-6-16-7-20-12/h2-3,6-7H,5,15H2,1H3,(H,17,18). The van der Waals surface area contributed by atoms with Crippen LogP contribution in [0.2, 0.25) is 0 Å². The molecule has 0 unspecified atom stereocenters. The number of nitriles is 1. The number of aromatic nitrogens is 1. The normalized spacial score (nSPS) is 9.85. The quantitative estimate of drug-likeness (QED) is 0.861. The first-order valence-corrected chi connectivity index (χ1v) is 5.70. The fourth-order valence-corrected chi connectivity index (χ4v) is 1.69. The van der Waals surface area contributed by atoms with Crippen molar-refractivity contribution in [1.29, 1.82) is 5.26 Å². The van der Waals surface area contributed by atoms with Gasteiger partial charge in [0.05, 0.1) is 36.7 Å². The van der Waals surface area contributed by atoms with Crippen molar-refractivity contribution >= 4 is 11.6 Å². The highest BCUT2D eigenvalue weighted by atomic mass is 16.5. The molecule has 1 amide bonds. The molecule has 0 saturated carbocycles. The Balaban J connectivity index is 2.52. The van der Waals surface area contributed by atoms with Crippen LogP contribution in [0.15, 0.2) is 29.1 Å². The number of nitrogens with one attached hydrogen (secondary N) is 1. The summed E-state index contributed by atoms with van der Waals surface area (Å²) in [6.45, 7) is -0.170. The molecule has 0 bridgehead atoms. The van der Waals surface area contributed by atoms with E-state index in [0.717, 1.165) is 0 Å². The zero-order valence-corrected chi connectivity index (χ0v) is 10.7. The van der Waals surface area contributed by atoms with Crippen LogP contribution in [0.5, 0.6) is 5.75 Å². The molecule has 7 nitrogen and oxygen atoms in total. The maximum absolute atomic E-state index is 11.3. The van der Waals surface area contributed by atoms with Crippen LogP contribution < -0.4 is 15.8 Å². The summed E-state index contributed by atoms with van der Waals surface area (Å²) in [5, 5.41) is 11.7. The highest BCUT2D eigenvalue weighted by Crippen LogP contribution is 2.34. The van der Waals surface area contributed by atoms with Gasteiger partial charge in [-0.25, -0.2) is 4.98 Å². The molecule has 0 fully saturated rings. The van der Waals surface area contributed by atoms with Crippen molar-refractivity contribution in [2.24, 2.45) is 5.73 Å². The van der Waals surface area contributed by atoms with Crippen LogP contribution in [-0.2, 0) is 4.79 Å². The molecule has 3 N–H and O–H groups in total. The number of oxazole rings is 1. The number of nitrogens with two attached hydrogens (primary N) is 1. The van der Waals surface area contributed by atoms with Crippen LogP contribution >= 0.6 is 0 Å². The van der Waals surface area contributed by atoms with Crippen molar-refractivity contribution in [3.05, 3.63) is 30.3 Å². The average Bonchev–Trinajstić information content (AvgIpc) is 3.00. The number of benzene rings is 1. The molecule has 0 saturated heterocycles. The van der Waals surface area contributed by atoms with E-state index in [2.05, 4.69) is 10.3 Å². The lowest BCUT2D eigenvalue weighted by molar-refractivity contribution is -0.114. The number of ether oxygens (including phenoxy) is 1. The number of amides is 1. The Morgan fingerprint density at radius 3 is 2.95 bits per heavy atom. The van der Waals surface area contributed by atoms with Crippen molar-refractivity contribution < 1.29 is 13.9 Å². The molecule has 0 radical (unpaired) electrons. The molecule has 0 aliphatic heterocycles. The van der Waals surface area contributed by atoms with Crippen molar-refractivity contribution in [2.75, 3.05) is 19.0 Å². The second-order valence-corrected chi connectivity index (χ2v) is 3.83. The molecule has 1 aromatic heterocycles. The van der Waals surface area contributed by atoms with Gasteiger partial charge in [0.25, 0.3) is 0 Å². The predicted octanol–water partition coefficient (Wildman–Crippen LogP) is 1.12. The van der Waals surface area contributed by atoms with E-state index in [1.165, 1.54) is 19.7 Å². The highest BCUT2D eigenvalue weighted by Gasteiger charge is 2.15. The van der Waals surface area contributed by atoms with Gasteiger partial charge in [-0.05, 0) is 6.07 Å². The number of methoxy groups -OCH3 is 1. The molecule has 1 aromatic carbocycles. The van der Waals surface area contributed by atoms with E-state index in [-0.39, 0.29) is 12.1 Å². The van der Waals surface area contributed by atoms with E-state index in [4.69, 9.17) is 20.1 Å². The van der Waals surface area contributed by atoms with Crippen LogP contribution in [0.25, 0.3) is 11.3 Å². The third kappa shape index (κ3) is 2.60. The molecule has 0 spiro atoms. The smallest absolute Gasteiger partial charge is 0.238 e. The maximum atomic E-state index is 11.3. The van der Waals surface area contributed by atoms with E-state index in [1.54, 1.807) is 12.1 Å². The maximum Gasteiger partial charge on any atom is 0.238 e. The number of carbonyl (C=O) groups is 1. The molecule has 20 heavy (non-hydrogen) atoms. The van der Waals surface area contributed by atoms with Gasteiger partial charge in [0.1, 0.15) is 11.8 Å². The van der Waals surface area contributed by atoms with Gasteiger partial charge in [0, 0.05) is 6.07 Å². The highest BCUT2D eigenvalue weighted by molar-refractivity contribution is 5.94. The summed E-state index contributed by atoms with van der Waals surface area (Å²) in [6.07, 6.45) is 2.79. The first-order valence-electron chi connectivity index (χ1n) is 5.70. The third-order valence-electron chi connectivity index (χ3n) is 2.62. The van der Waals surface area contributed by atoms with Gasteiger partial charge < -0.3 is 20.2 Å². The van der Waals surface area contributed by atoms with Crippen LogP contribution in [0.3, 0.4) is 0 Å². The molecule has 1 heterocycles. The number of rotatable bonds is 4. The lowest BCUT2D eigenvalue weighted by Crippen LogP contribution is -2.22. The summed E-state index contributed by atoms with van der Waals surface area (Å²) in [5.74, 6) is 0.527. The number of anilines is 1. The lowest BCUT2D eigenvalue weighted by Gasteiger charge is -2.11. The Bertz CT molecular complexity index is 659. The van der Waals surface area contributed by atoms with Gasteiger partial charge in [-0.15, -0.1) is 0 Å². The fraction of sp³-hybridized carbons (Fsp3) is 0.154. The molecule has 0 aliphatic carbocycles. The largest absolute Gasteiger partial charge is 0.496 e. The molecular weight excluding hydrogens is 260 g/mol. The number of hydrogen-bond acceptors (Lipinski definition) is 6. The molecular formula is C13H12N4O3. The van der Waals surface area contributed by atoms with Gasteiger partial charge in [-0.2, -0.15) is 5.26 Å². The van der Waals surface area contributed by atoms with Crippen molar-refractivity contribution in [1.82, 2.24) is 4.98 Å². The minimum atomic E-state index is -0.393. The van der Waals surface area contributed by atoms with Crippen LogP contribution in [0.1, 0.15) is 5.56 Å². The second kappa shape index (κ2) is 5.86. The Labute approximate surface area is 115 Å². The van der Waals surface area contributed by atoms with E-state index >= 15 is 0 Å². The van der Waals surface area contributed by atoms with Gasteiger partial charge in [-0.3, -0.25) is 4.79 Å². The summed E-state index contributed by atoms with van der Waals surface area (Å²) in [4.78, 5) is 15.2. The minimum Gasteiger partial charge on any atom is -0.496 e. The summed E-state index contributed by atoms with van der Waals surface area (Å²) >= 11 is 0. The van der Waals surface area contributed by atoms with E-state index < -0.39 is 5.91 Å². The zero-order chi connectivity index (χ0) is 14.5. The Hall–Kier alpha value is -2.85. The molecule has 7 heteroatoms. The van der Waals surface area contributed by atoms with Gasteiger partial charge >= 0.3 is 0 Å². The fourth-order valence-electron chi connectivity index (χ4n) is 1.69. The first-order chi connectivity index (χ1) is 9.69. The van der Waals surface area contributed by atoms with Crippen LogP contribution in [0, 0.1) is 11.3 Å². The summed E-state index contributed by atoms with van der Waals surface area (Å²) in [6, 6.07) is 5.11. The molecule has 102 valence electrons. The average molecular weight is 272 g/mol. The monoisotopic (exact) mass is 272 g/mol. The molecule has 2 aromatic rings. The van der Waals surface area contributed by atoms with Gasteiger partial charge in [0.15, 0.2) is 12.2 Å². The van der Waals surface area contributed by atoms with E-state index in [0.29, 0.717) is 22.8 Å². The molecule has 2 rings (SSSR count).